The number of ether oxygens (including phenoxy) is 1. The number of benzene rings is 2. The van der Waals surface area contributed by atoms with Crippen molar-refractivity contribution in [1.82, 2.24) is 4.98 Å². The first-order valence-corrected chi connectivity index (χ1v) is 10.0. The van der Waals surface area contributed by atoms with E-state index in [4.69, 9.17) is 27.9 Å². The molecule has 1 aromatic heterocycles. The molecule has 1 N–H and O–H groups in total. The first-order valence-electron chi connectivity index (χ1n) is 7.47. The van der Waals surface area contributed by atoms with E-state index in [0.29, 0.717) is 22.3 Å². The molecular formula is C17H14Cl2N2O2S2. The number of nitrogens with one attached hydrogen (secondary N) is 1. The summed E-state index contributed by atoms with van der Waals surface area (Å²) in [6, 6.07) is 10.9. The molecule has 1 amide bonds. The summed E-state index contributed by atoms with van der Waals surface area (Å²) >= 11 is 14.9. The molecule has 0 unspecified atom stereocenters. The number of carbonyl (C=O) groups excluding carboxylic acids is 1. The summed E-state index contributed by atoms with van der Waals surface area (Å²) in [5.41, 5.74) is 1.40. The number of anilines is 1. The molecule has 0 fully saturated rings. The Labute approximate surface area is 163 Å². The number of hydrogen-bond donors (Lipinski definition) is 1. The number of hydrogen-bond acceptors (Lipinski definition) is 5. The lowest BCUT2D eigenvalue weighted by Crippen LogP contribution is -2.14. The minimum Gasteiger partial charge on any atom is -0.494 e. The van der Waals surface area contributed by atoms with E-state index < -0.39 is 0 Å². The molecule has 2 aromatic carbocycles. The molecule has 8 heteroatoms. The highest BCUT2D eigenvalue weighted by molar-refractivity contribution is 8.01. The average Bonchev–Trinajstić information content (AvgIpc) is 3.00. The van der Waals surface area contributed by atoms with Crippen LogP contribution in [0.5, 0.6) is 5.75 Å². The molecule has 0 spiro atoms. The van der Waals surface area contributed by atoms with E-state index in [2.05, 4.69) is 10.3 Å². The van der Waals surface area contributed by atoms with Gasteiger partial charge in [-0.15, -0.1) is 11.3 Å². The zero-order valence-corrected chi connectivity index (χ0v) is 16.4. The molecule has 0 radical (unpaired) electrons. The van der Waals surface area contributed by atoms with Crippen LogP contribution < -0.4 is 10.1 Å². The van der Waals surface area contributed by atoms with Gasteiger partial charge < -0.3 is 10.1 Å². The lowest BCUT2D eigenvalue weighted by atomic mass is 10.3. The lowest BCUT2D eigenvalue weighted by molar-refractivity contribution is -0.113. The van der Waals surface area contributed by atoms with E-state index in [1.807, 2.05) is 25.1 Å². The molecule has 130 valence electrons. The second kappa shape index (κ2) is 8.27. The fourth-order valence-electron chi connectivity index (χ4n) is 2.12. The van der Waals surface area contributed by atoms with E-state index in [-0.39, 0.29) is 11.7 Å². The number of rotatable bonds is 6. The molecular weight excluding hydrogens is 399 g/mol. The second-order valence-corrected chi connectivity index (χ2v) is 8.02. The van der Waals surface area contributed by atoms with Gasteiger partial charge in [0.2, 0.25) is 5.91 Å². The number of halogens is 2. The number of thioether (sulfide) groups is 1. The van der Waals surface area contributed by atoms with E-state index in [1.165, 1.54) is 23.1 Å². The SMILES string of the molecule is CCOc1ccc2nc(SCC(=O)Nc3cccc(Cl)c3Cl)sc2c1. The maximum absolute atomic E-state index is 12.1. The van der Waals surface area contributed by atoms with Crippen molar-refractivity contribution in [3.63, 3.8) is 0 Å². The topological polar surface area (TPSA) is 51.2 Å². The van der Waals surface area contributed by atoms with Gasteiger partial charge in [0.15, 0.2) is 4.34 Å². The lowest BCUT2D eigenvalue weighted by Gasteiger charge is -2.07. The van der Waals surface area contributed by atoms with Crippen LogP contribution >= 0.6 is 46.3 Å². The van der Waals surface area contributed by atoms with Gasteiger partial charge >= 0.3 is 0 Å². The van der Waals surface area contributed by atoms with Gasteiger partial charge in [0.1, 0.15) is 5.75 Å². The number of carbonyl (C=O) groups is 1. The third-order valence-electron chi connectivity index (χ3n) is 3.20. The van der Waals surface area contributed by atoms with Crippen LogP contribution in [-0.2, 0) is 4.79 Å². The highest BCUT2D eigenvalue weighted by atomic mass is 35.5. The van der Waals surface area contributed by atoms with Crippen LogP contribution in [0.25, 0.3) is 10.2 Å². The molecule has 0 aliphatic heterocycles. The highest BCUT2D eigenvalue weighted by Crippen LogP contribution is 2.33. The molecule has 0 aliphatic carbocycles. The predicted molar refractivity (Wildman–Crippen MR) is 107 cm³/mol. The molecule has 4 nitrogen and oxygen atoms in total. The highest BCUT2D eigenvalue weighted by Gasteiger charge is 2.11. The summed E-state index contributed by atoms with van der Waals surface area (Å²) < 4.78 is 7.36. The molecule has 0 atom stereocenters. The Hall–Kier alpha value is -1.47. The van der Waals surface area contributed by atoms with E-state index in [9.17, 15) is 4.79 Å². The van der Waals surface area contributed by atoms with Crippen LogP contribution in [-0.4, -0.2) is 23.3 Å². The first kappa shape index (κ1) is 18.3. The molecule has 0 bridgehead atoms. The number of thiazole rings is 1. The van der Waals surface area contributed by atoms with Gasteiger partial charge in [0.25, 0.3) is 0 Å². The third-order valence-corrected chi connectivity index (χ3v) is 6.18. The summed E-state index contributed by atoms with van der Waals surface area (Å²) in [7, 11) is 0. The Morgan fingerprint density at radius 1 is 1.32 bits per heavy atom. The van der Waals surface area contributed by atoms with Crippen molar-refractivity contribution in [3.05, 3.63) is 46.4 Å². The van der Waals surface area contributed by atoms with Gasteiger partial charge in [-0.05, 0) is 37.3 Å². The van der Waals surface area contributed by atoms with Crippen LogP contribution in [0.1, 0.15) is 6.92 Å². The second-order valence-electron chi connectivity index (χ2n) is 4.98. The van der Waals surface area contributed by atoms with Gasteiger partial charge in [0.05, 0.1) is 38.3 Å². The van der Waals surface area contributed by atoms with E-state index >= 15 is 0 Å². The van der Waals surface area contributed by atoms with Crippen LogP contribution in [0, 0.1) is 0 Å². The van der Waals surface area contributed by atoms with Crippen molar-refractivity contribution in [3.8, 4) is 5.75 Å². The van der Waals surface area contributed by atoms with Gasteiger partial charge in [-0.3, -0.25) is 4.79 Å². The molecule has 3 aromatic rings. The standard InChI is InChI=1S/C17H14Cl2N2O2S2/c1-2-23-10-6-7-12-14(8-10)25-17(21-12)24-9-15(22)20-13-5-3-4-11(18)16(13)19/h3-8H,2,9H2,1H3,(H,20,22). The number of nitrogens with zero attached hydrogens (tertiary/aromatic N) is 1. The van der Waals surface area contributed by atoms with Gasteiger partial charge in [-0.25, -0.2) is 4.98 Å². The molecule has 25 heavy (non-hydrogen) atoms. The number of amides is 1. The molecule has 0 aliphatic rings. The predicted octanol–water partition coefficient (Wildman–Crippen LogP) is 5.73. The molecule has 0 saturated carbocycles. The van der Waals surface area contributed by atoms with Crippen molar-refractivity contribution < 1.29 is 9.53 Å². The van der Waals surface area contributed by atoms with Crippen LogP contribution in [0.2, 0.25) is 10.0 Å². The zero-order chi connectivity index (χ0) is 17.8. The fraction of sp³-hybridized carbons (Fsp3) is 0.176. The molecule has 1 heterocycles. The largest absolute Gasteiger partial charge is 0.494 e. The first-order chi connectivity index (χ1) is 12.1. The van der Waals surface area contributed by atoms with Crippen molar-refractivity contribution in [2.45, 2.75) is 11.3 Å². The maximum atomic E-state index is 12.1. The summed E-state index contributed by atoms with van der Waals surface area (Å²) in [6.45, 7) is 2.57. The average molecular weight is 413 g/mol. The Kier molecular flexibility index (Phi) is 6.06. The van der Waals surface area contributed by atoms with E-state index in [1.54, 1.807) is 18.2 Å². The minimum absolute atomic E-state index is 0.163. The third kappa shape index (κ3) is 4.58. The van der Waals surface area contributed by atoms with Crippen molar-refractivity contribution in [1.29, 1.82) is 0 Å². The molecule has 0 saturated heterocycles. The van der Waals surface area contributed by atoms with Crippen molar-refractivity contribution >= 4 is 68.1 Å². The van der Waals surface area contributed by atoms with Crippen molar-refractivity contribution in [2.75, 3.05) is 17.7 Å². The summed E-state index contributed by atoms with van der Waals surface area (Å²) in [5, 5.41) is 3.51. The zero-order valence-electron chi connectivity index (χ0n) is 13.2. The summed E-state index contributed by atoms with van der Waals surface area (Å²) in [4.78, 5) is 16.7. The Bertz CT molecular complexity index is 915. The van der Waals surface area contributed by atoms with Crippen LogP contribution in [0.3, 0.4) is 0 Å². The summed E-state index contributed by atoms with van der Waals surface area (Å²) in [5.74, 6) is 0.896. The Morgan fingerprint density at radius 3 is 2.96 bits per heavy atom. The fourth-order valence-corrected chi connectivity index (χ4v) is 4.36. The van der Waals surface area contributed by atoms with Crippen LogP contribution in [0.15, 0.2) is 40.7 Å². The molecule has 3 rings (SSSR count). The quantitative estimate of drug-likeness (QED) is 0.524. The monoisotopic (exact) mass is 412 g/mol. The van der Waals surface area contributed by atoms with Crippen molar-refractivity contribution in [2.24, 2.45) is 0 Å². The number of fused-ring (bicyclic) bond motifs is 1. The van der Waals surface area contributed by atoms with Gasteiger partial charge in [-0.1, -0.05) is 41.0 Å². The van der Waals surface area contributed by atoms with Crippen LogP contribution in [0.4, 0.5) is 5.69 Å². The maximum Gasteiger partial charge on any atom is 0.234 e. The van der Waals surface area contributed by atoms with Gasteiger partial charge in [0, 0.05) is 0 Å². The van der Waals surface area contributed by atoms with Gasteiger partial charge in [-0.2, -0.15) is 0 Å². The summed E-state index contributed by atoms with van der Waals surface area (Å²) in [6.07, 6.45) is 0. The Balaban J connectivity index is 1.63. The number of aromatic nitrogens is 1. The normalized spacial score (nSPS) is 10.8. The minimum atomic E-state index is -0.163. The van der Waals surface area contributed by atoms with E-state index in [0.717, 1.165) is 20.3 Å². The Morgan fingerprint density at radius 2 is 2.16 bits per heavy atom. The smallest absolute Gasteiger partial charge is 0.234 e.